The molecule has 0 bridgehead atoms. The van der Waals surface area contributed by atoms with E-state index in [2.05, 4.69) is 36.2 Å². The molecule has 0 amide bonds. The molecule has 4 aliphatic carbocycles. The molecule has 52 heavy (non-hydrogen) atoms. The van der Waals surface area contributed by atoms with Crippen molar-refractivity contribution in [1.29, 1.82) is 0 Å². The van der Waals surface area contributed by atoms with Crippen LogP contribution in [0.5, 0.6) is 0 Å². The van der Waals surface area contributed by atoms with Crippen LogP contribution in [0, 0.1) is 22.5 Å². The Hall–Kier alpha value is -4.25. The van der Waals surface area contributed by atoms with Crippen LogP contribution in [-0.2, 0) is 31.8 Å². The van der Waals surface area contributed by atoms with Crippen molar-refractivity contribution < 1.29 is 27.8 Å². The normalized spacial score (nSPS) is 25.3. The number of halogens is 2. The number of fused-ring (bicyclic) bond motifs is 5. The van der Waals surface area contributed by atoms with Gasteiger partial charge in [0.25, 0.3) is 0 Å². The van der Waals surface area contributed by atoms with Crippen LogP contribution in [0.4, 0.5) is 8.78 Å². The zero-order valence-corrected chi connectivity index (χ0v) is 30.0. The molecule has 0 N–H and O–H groups in total. The fourth-order valence-electron chi connectivity index (χ4n) is 8.86. The van der Waals surface area contributed by atoms with Crippen LogP contribution in [0.15, 0.2) is 72.1 Å². The first-order chi connectivity index (χ1) is 25.2. The molecule has 4 aromatic rings. The molecule has 2 aromatic carbocycles. The number of ketones is 1. The zero-order valence-electron chi connectivity index (χ0n) is 30.0. The maximum atomic E-state index is 13.2. The molecule has 2 saturated carbocycles. The first-order valence-electron chi connectivity index (χ1n) is 18.7. The van der Waals surface area contributed by atoms with Crippen LogP contribution in [0.1, 0.15) is 87.7 Å². The van der Waals surface area contributed by atoms with Gasteiger partial charge < -0.3 is 14.2 Å². The second-order valence-corrected chi connectivity index (χ2v) is 15.1. The minimum absolute atomic E-state index is 0.147. The highest BCUT2D eigenvalue weighted by molar-refractivity contribution is 5.91. The number of rotatable bonds is 2. The molecule has 2 aromatic heterocycles. The van der Waals surface area contributed by atoms with Crippen LogP contribution in [0.25, 0.3) is 23.5 Å². The van der Waals surface area contributed by atoms with Crippen molar-refractivity contribution in [2.75, 3.05) is 26.4 Å². The average Bonchev–Trinajstić information content (AvgIpc) is 3.98. The number of carbonyl (C=O) groups is 1. The average molecular weight is 709 g/mol. The largest absolute Gasteiger partial charge is 0.381 e. The monoisotopic (exact) mass is 708 g/mol. The lowest BCUT2D eigenvalue weighted by atomic mass is 9.62. The molecule has 10 rings (SSSR count). The first kappa shape index (κ1) is 34.8. The Balaban J connectivity index is 0.000000132. The van der Waals surface area contributed by atoms with E-state index in [1.54, 1.807) is 24.3 Å². The van der Waals surface area contributed by atoms with E-state index in [9.17, 15) is 13.6 Å². The Bertz CT molecular complexity index is 2000. The Kier molecular flexibility index (Phi) is 9.34. The fraction of sp³-hybridized carbons (Fsp3) is 0.452. The molecule has 8 nitrogen and oxygen atoms in total. The zero-order chi connectivity index (χ0) is 35.9. The summed E-state index contributed by atoms with van der Waals surface area (Å²) in [7, 11) is 0. The molecule has 6 aliphatic rings. The Morgan fingerprint density at radius 3 is 1.75 bits per heavy atom. The van der Waals surface area contributed by atoms with Gasteiger partial charge in [0.05, 0.1) is 53.8 Å². The number of aromatic nitrogens is 4. The van der Waals surface area contributed by atoms with Crippen molar-refractivity contribution in [3.63, 3.8) is 0 Å². The van der Waals surface area contributed by atoms with Crippen LogP contribution in [0.2, 0.25) is 0 Å². The van der Waals surface area contributed by atoms with Gasteiger partial charge in [-0.2, -0.15) is 10.2 Å². The number of ether oxygens (including phenoxy) is 3. The van der Waals surface area contributed by atoms with E-state index < -0.39 is 5.79 Å². The van der Waals surface area contributed by atoms with E-state index in [4.69, 9.17) is 14.2 Å². The van der Waals surface area contributed by atoms with E-state index in [0.29, 0.717) is 31.8 Å². The van der Waals surface area contributed by atoms with E-state index in [1.807, 2.05) is 21.8 Å². The molecule has 1 spiro atoms. The van der Waals surface area contributed by atoms with E-state index in [1.165, 1.54) is 53.8 Å². The molecule has 2 aliphatic heterocycles. The molecular weight excluding hydrogens is 662 g/mol. The molecule has 10 heteroatoms. The highest BCUT2D eigenvalue weighted by atomic mass is 19.1. The van der Waals surface area contributed by atoms with E-state index >= 15 is 0 Å². The van der Waals surface area contributed by atoms with Gasteiger partial charge in [-0.1, -0.05) is 18.1 Å². The number of allylic oxidation sites excluding steroid dienone is 1. The number of carbonyl (C=O) groups excluding carboxylic acids is 1. The molecular formula is C42H46F2N4O4. The van der Waals surface area contributed by atoms with Crippen LogP contribution in [-0.4, -0.2) is 57.6 Å². The second kappa shape index (κ2) is 14.0. The molecule has 2 saturated heterocycles. The van der Waals surface area contributed by atoms with Gasteiger partial charge in [-0.3, -0.25) is 4.79 Å². The topological polar surface area (TPSA) is 80.4 Å². The van der Waals surface area contributed by atoms with Gasteiger partial charge in [0, 0.05) is 31.5 Å². The summed E-state index contributed by atoms with van der Waals surface area (Å²) in [6.07, 6.45) is 17.9. The SMILES string of the molecule is C1CCOC1.C[C@]12Cc3cnn(-c4ccc(F)cc4)c3C=C1CCCC21OCCO1.C[C@]12Cc3cnn(-c4ccc(F)cc4)c3C=C1CCCC2=O. The third kappa shape index (κ3) is 6.18. The molecule has 0 radical (unpaired) electrons. The maximum absolute atomic E-state index is 13.2. The van der Waals surface area contributed by atoms with Crippen molar-refractivity contribution >= 4 is 17.9 Å². The van der Waals surface area contributed by atoms with Gasteiger partial charge >= 0.3 is 0 Å². The predicted octanol–water partition coefficient (Wildman–Crippen LogP) is 8.39. The van der Waals surface area contributed by atoms with Crippen LogP contribution < -0.4 is 0 Å². The lowest BCUT2D eigenvalue weighted by Crippen LogP contribution is -2.53. The summed E-state index contributed by atoms with van der Waals surface area (Å²) in [4.78, 5) is 12.4. The minimum atomic E-state index is -0.493. The van der Waals surface area contributed by atoms with Crippen molar-refractivity contribution in [3.8, 4) is 11.4 Å². The van der Waals surface area contributed by atoms with Gasteiger partial charge in [0.1, 0.15) is 17.4 Å². The van der Waals surface area contributed by atoms with Gasteiger partial charge in [0.2, 0.25) is 0 Å². The quantitative estimate of drug-likeness (QED) is 0.208. The smallest absolute Gasteiger partial charge is 0.177 e. The molecule has 2 atom stereocenters. The minimum Gasteiger partial charge on any atom is -0.381 e. The summed E-state index contributed by atoms with van der Waals surface area (Å²) >= 11 is 0. The standard InChI is InChI=1S/C20H21FN2O2.C18H17FN2O.C4H8O/c1-19-12-14-13-22-23(17-6-4-16(21)5-7-17)18(14)11-15(19)3-2-8-20(19)24-9-10-25-20;1-18-10-12-11-20-21(15-7-5-14(19)6-8-15)16(12)9-13(18)3-2-4-17(18)22;1-2-4-5-3-1/h4-7,11,13H,2-3,8-10,12H2,1H3;5-9,11H,2-4,10H2,1H3;1-4H2/t19-;18-;/m00./s1. The summed E-state index contributed by atoms with van der Waals surface area (Å²) in [6, 6.07) is 12.8. The number of nitrogens with zero attached hydrogens (tertiary/aromatic N) is 4. The highest BCUT2D eigenvalue weighted by Crippen LogP contribution is 2.56. The van der Waals surface area contributed by atoms with Gasteiger partial charge in [0.15, 0.2) is 5.79 Å². The Labute approximate surface area is 303 Å². The van der Waals surface area contributed by atoms with Crippen molar-refractivity contribution in [3.05, 3.63) is 106 Å². The van der Waals surface area contributed by atoms with Gasteiger partial charge in [-0.15, -0.1) is 0 Å². The number of hydrogen-bond donors (Lipinski definition) is 0. The van der Waals surface area contributed by atoms with Crippen LogP contribution in [0.3, 0.4) is 0 Å². The molecule has 0 unspecified atom stereocenters. The highest BCUT2D eigenvalue weighted by Gasteiger charge is 2.57. The van der Waals surface area contributed by atoms with E-state index in [-0.39, 0.29) is 22.5 Å². The lowest BCUT2D eigenvalue weighted by Gasteiger charge is -2.50. The predicted molar refractivity (Wildman–Crippen MR) is 194 cm³/mol. The third-order valence-electron chi connectivity index (χ3n) is 11.9. The number of hydrogen-bond acceptors (Lipinski definition) is 6. The molecule has 4 heterocycles. The molecule has 272 valence electrons. The van der Waals surface area contributed by atoms with Gasteiger partial charge in [-0.05, 0) is 130 Å². The summed E-state index contributed by atoms with van der Waals surface area (Å²) in [5.41, 5.74) is 8.18. The van der Waals surface area contributed by atoms with Crippen molar-refractivity contribution in [1.82, 2.24) is 19.6 Å². The first-order valence-corrected chi connectivity index (χ1v) is 18.7. The van der Waals surface area contributed by atoms with Crippen molar-refractivity contribution in [2.24, 2.45) is 10.8 Å². The summed E-state index contributed by atoms with van der Waals surface area (Å²) < 4.78 is 47.3. The Morgan fingerprint density at radius 1 is 0.654 bits per heavy atom. The maximum Gasteiger partial charge on any atom is 0.177 e. The Morgan fingerprint density at radius 2 is 1.19 bits per heavy atom. The number of benzene rings is 2. The van der Waals surface area contributed by atoms with Gasteiger partial charge in [-0.25, -0.2) is 18.1 Å². The molecule has 4 fully saturated rings. The second-order valence-electron chi connectivity index (χ2n) is 15.1. The lowest BCUT2D eigenvalue weighted by molar-refractivity contribution is -0.234. The third-order valence-corrected chi connectivity index (χ3v) is 11.9. The fourth-order valence-corrected chi connectivity index (χ4v) is 8.86. The summed E-state index contributed by atoms with van der Waals surface area (Å²) in [5.74, 6) is -0.647. The number of Topliss-reactive ketones (excluding diaryl/α,β-unsaturated/α-hetero) is 1. The van der Waals surface area contributed by atoms with E-state index in [0.717, 1.165) is 80.1 Å². The summed E-state index contributed by atoms with van der Waals surface area (Å²) in [5, 5.41) is 9.02. The summed E-state index contributed by atoms with van der Waals surface area (Å²) in [6.45, 7) is 7.66. The van der Waals surface area contributed by atoms with Crippen LogP contribution >= 0.6 is 0 Å². The van der Waals surface area contributed by atoms with Crippen molar-refractivity contribution in [2.45, 2.75) is 83.8 Å².